The van der Waals surface area contributed by atoms with E-state index in [9.17, 15) is 0 Å². The second kappa shape index (κ2) is 7.28. The Kier molecular flexibility index (Phi) is 5.39. The molecule has 1 fully saturated rings. The molecule has 5 nitrogen and oxygen atoms in total. The van der Waals surface area contributed by atoms with Gasteiger partial charge in [0, 0.05) is 31.7 Å². The van der Waals surface area contributed by atoms with Crippen LogP contribution in [0.1, 0.15) is 32.6 Å². The third-order valence-electron chi connectivity index (χ3n) is 3.66. The summed E-state index contributed by atoms with van der Waals surface area (Å²) in [7, 11) is 2.02. The van der Waals surface area contributed by atoms with Crippen molar-refractivity contribution in [2.24, 2.45) is 0 Å². The summed E-state index contributed by atoms with van der Waals surface area (Å²) in [5, 5.41) is 6.70. The number of likely N-dealkylation sites (N-methyl/N-ethyl adjacent to an activating group) is 1. The predicted octanol–water partition coefficient (Wildman–Crippen LogP) is 1.88. The fourth-order valence-electron chi connectivity index (χ4n) is 2.41. The molecule has 5 heteroatoms. The maximum Gasteiger partial charge on any atom is 0.134 e. The molecule has 0 amide bonds. The topological polar surface area (TPSA) is 53.1 Å². The summed E-state index contributed by atoms with van der Waals surface area (Å²) in [5.74, 6) is 1.97. The van der Waals surface area contributed by atoms with Crippen LogP contribution in [0.25, 0.3) is 0 Å². The second-order valence-electron chi connectivity index (χ2n) is 5.12. The van der Waals surface area contributed by atoms with E-state index in [2.05, 4.69) is 38.5 Å². The Balaban J connectivity index is 1.88. The van der Waals surface area contributed by atoms with E-state index in [1.807, 2.05) is 7.05 Å². The first-order chi connectivity index (χ1) is 9.33. The van der Waals surface area contributed by atoms with Crippen molar-refractivity contribution in [3.8, 4) is 0 Å². The van der Waals surface area contributed by atoms with E-state index in [1.54, 1.807) is 6.33 Å². The van der Waals surface area contributed by atoms with E-state index in [1.165, 1.54) is 25.7 Å². The molecule has 1 atom stereocenters. The molecule has 0 aromatic carbocycles. The highest BCUT2D eigenvalue weighted by Crippen LogP contribution is 2.19. The van der Waals surface area contributed by atoms with Crippen molar-refractivity contribution in [1.29, 1.82) is 0 Å². The monoisotopic (exact) mass is 263 g/mol. The first-order valence-corrected chi connectivity index (χ1v) is 7.31. The zero-order valence-corrected chi connectivity index (χ0v) is 12.0. The van der Waals surface area contributed by atoms with E-state index in [0.717, 1.165) is 31.3 Å². The number of rotatable bonds is 7. The lowest BCUT2D eigenvalue weighted by Crippen LogP contribution is -2.29. The van der Waals surface area contributed by atoms with Gasteiger partial charge in [-0.1, -0.05) is 19.8 Å². The van der Waals surface area contributed by atoms with Crippen LogP contribution in [-0.4, -0.2) is 42.7 Å². The Hall–Kier alpha value is -1.36. The normalized spacial score (nSPS) is 18.8. The minimum absolute atomic E-state index is 0.580. The fraction of sp³-hybridized carbons (Fsp3) is 0.714. The molecule has 0 spiro atoms. The molecule has 106 valence electrons. The molecule has 1 unspecified atom stereocenters. The summed E-state index contributed by atoms with van der Waals surface area (Å²) >= 11 is 0. The molecule has 0 radical (unpaired) electrons. The van der Waals surface area contributed by atoms with Crippen LogP contribution in [0.4, 0.5) is 11.6 Å². The second-order valence-corrected chi connectivity index (χ2v) is 5.12. The van der Waals surface area contributed by atoms with Gasteiger partial charge < -0.3 is 15.5 Å². The highest BCUT2D eigenvalue weighted by Gasteiger charge is 2.22. The molecule has 2 rings (SSSR count). The number of nitrogens with one attached hydrogen (secondary N) is 2. The van der Waals surface area contributed by atoms with E-state index in [-0.39, 0.29) is 0 Å². The number of nitrogens with zero attached hydrogens (tertiary/aromatic N) is 3. The first-order valence-electron chi connectivity index (χ1n) is 7.31. The van der Waals surface area contributed by atoms with Crippen molar-refractivity contribution < 1.29 is 0 Å². The SMILES string of the molecule is CCCCCNc1cc(N2CCC(NC)C2)ncn1. The zero-order chi connectivity index (χ0) is 13.5. The van der Waals surface area contributed by atoms with Crippen LogP contribution in [-0.2, 0) is 0 Å². The van der Waals surface area contributed by atoms with Gasteiger partial charge in [-0.25, -0.2) is 9.97 Å². The van der Waals surface area contributed by atoms with E-state index < -0.39 is 0 Å². The lowest BCUT2D eigenvalue weighted by Gasteiger charge is -2.17. The standard InChI is InChI=1S/C14H25N5/c1-3-4-5-7-16-13-9-14(18-11-17-13)19-8-6-12(10-19)15-2/h9,11-12,15H,3-8,10H2,1-2H3,(H,16,17,18). The van der Waals surface area contributed by atoms with Gasteiger partial charge in [-0.3, -0.25) is 0 Å². The molecule has 2 heterocycles. The first kappa shape index (κ1) is 14.1. The predicted molar refractivity (Wildman–Crippen MR) is 79.7 cm³/mol. The number of aromatic nitrogens is 2. The molecule has 1 saturated heterocycles. The van der Waals surface area contributed by atoms with E-state index in [0.29, 0.717) is 6.04 Å². The summed E-state index contributed by atoms with van der Waals surface area (Å²) in [6.07, 6.45) is 6.54. The molecule has 1 aromatic heterocycles. The smallest absolute Gasteiger partial charge is 0.134 e. The van der Waals surface area contributed by atoms with Crippen molar-refractivity contribution in [1.82, 2.24) is 15.3 Å². The molecule has 0 aliphatic carbocycles. The third kappa shape index (κ3) is 4.06. The Morgan fingerprint density at radius 3 is 3.00 bits per heavy atom. The van der Waals surface area contributed by atoms with E-state index in [4.69, 9.17) is 0 Å². The molecule has 1 aromatic rings. The number of hydrogen-bond donors (Lipinski definition) is 2. The van der Waals surface area contributed by atoms with Crippen LogP contribution in [0.3, 0.4) is 0 Å². The van der Waals surface area contributed by atoms with Crippen LogP contribution < -0.4 is 15.5 Å². The van der Waals surface area contributed by atoms with E-state index >= 15 is 0 Å². The Morgan fingerprint density at radius 1 is 1.37 bits per heavy atom. The van der Waals surface area contributed by atoms with Crippen molar-refractivity contribution in [2.75, 3.05) is 36.9 Å². The Labute approximate surface area is 115 Å². The average Bonchev–Trinajstić information content (AvgIpc) is 2.93. The van der Waals surface area contributed by atoms with Gasteiger partial charge in [-0.15, -0.1) is 0 Å². The number of unbranched alkanes of at least 4 members (excludes halogenated alkanes) is 2. The van der Waals surface area contributed by atoms with Crippen molar-refractivity contribution in [3.05, 3.63) is 12.4 Å². The van der Waals surface area contributed by atoms with Crippen molar-refractivity contribution >= 4 is 11.6 Å². The van der Waals surface area contributed by atoms with Crippen LogP contribution in [0, 0.1) is 0 Å². The minimum atomic E-state index is 0.580. The third-order valence-corrected chi connectivity index (χ3v) is 3.66. The summed E-state index contributed by atoms with van der Waals surface area (Å²) in [4.78, 5) is 11.0. The van der Waals surface area contributed by atoms with Gasteiger partial charge in [0.1, 0.15) is 18.0 Å². The molecular weight excluding hydrogens is 238 g/mol. The van der Waals surface area contributed by atoms with Gasteiger partial charge in [0.25, 0.3) is 0 Å². The summed E-state index contributed by atoms with van der Waals surface area (Å²) in [6, 6.07) is 2.64. The molecule has 19 heavy (non-hydrogen) atoms. The molecule has 1 aliphatic heterocycles. The summed E-state index contributed by atoms with van der Waals surface area (Å²) in [5.41, 5.74) is 0. The van der Waals surface area contributed by atoms with Crippen LogP contribution in [0.15, 0.2) is 12.4 Å². The fourth-order valence-corrected chi connectivity index (χ4v) is 2.41. The summed E-state index contributed by atoms with van der Waals surface area (Å²) < 4.78 is 0. The minimum Gasteiger partial charge on any atom is -0.370 e. The Morgan fingerprint density at radius 2 is 2.26 bits per heavy atom. The zero-order valence-electron chi connectivity index (χ0n) is 12.0. The number of anilines is 2. The largest absolute Gasteiger partial charge is 0.370 e. The highest BCUT2D eigenvalue weighted by atomic mass is 15.2. The molecule has 0 bridgehead atoms. The van der Waals surface area contributed by atoms with Crippen molar-refractivity contribution in [2.45, 2.75) is 38.6 Å². The highest BCUT2D eigenvalue weighted by molar-refractivity contribution is 5.49. The van der Waals surface area contributed by atoms with Gasteiger partial charge in [0.2, 0.25) is 0 Å². The quantitative estimate of drug-likeness (QED) is 0.736. The van der Waals surface area contributed by atoms with Crippen LogP contribution >= 0.6 is 0 Å². The molecule has 0 saturated carbocycles. The Bertz CT molecular complexity index is 382. The molecule has 2 N–H and O–H groups in total. The van der Waals surface area contributed by atoms with Gasteiger partial charge in [0.15, 0.2) is 0 Å². The number of hydrogen-bond acceptors (Lipinski definition) is 5. The lowest BCUT2D eigenvalue weighted by molar-refractivity contribution is 0.616. The van der Waals surface area contributed by atoms with Gasteiger partial charge >= 0.3 is 0 Å². The van der Waals surface area contributed by atoms with Crippen LogP contribution in [0.2, 0.25) is 0 Å². The van der Waals surface area contributed by atoms with Gasteiger partial charge in [0.05, 0.1) is 0 Å². The average molecular weight is 263 g/mol. The maximum atomic E-state index is 4.38. The molecular formula is C14H25N5. The molecule has 1 aliphatic rings. The van der Waals surface area contributed by atoms with Crippen molar-refractivity contribution in [3.63, 3.8) is 0 Å². The van der Waals surface area contributed by atoms with Crippen LogP contribution in [0.5, 0.6) is 0 Å². The van der Waals surface area contributed by atoms with Gasteiger partial charge in [-0.05, 0) is 19.9 Å². The lowest BCUT2D eigenvalue weighted by atomic mass is 10.2. The van der Waals surface area contributed by atoms with Gasteiger partial charge in [-0.2, -0.15) is 0 Å². The maximum absolute atomic E-state index is 4.38. The summed E-state index contributed by atoms with van der Waals surface area (Å²) in [6.45, 7) is 5.30.